The Balaban J connectivity index is 2.27. The van der Waals surface area contributed by atoms with Gasteiger partial charge in [-0.05, 0) is 31.5 Å². The van der Waals surface area contributed by atoms with Crippen molar-refractivity contribution in [3.8, 4) is 11.3 Å². The average molecular weight is 268 g/mol. The van der Waals surface area contributed by atoms with Crippen molar-refractivity contribution in [3.05, 3.63) is 42.1 Å². The van der Waals surface area contributed by atoms with Crippen molar-refractivity contribution >= 4 is 0 Å². The Kier molecular flexibility index (Phi) is 3.64. The summed E-state index contributed by atoms with van der Waals surface area (Å²) in [6.45, 7) is 3.99. The van der Waals surface area contributed by atoms with E-state index in [9.17, 15) is 13.2 Å². The highest BCUT2D eigenvalue weighted by atomic mass is 19.4. The largest absolute Gasteiger partial charge is 0.393 e. The lowest BCUT2D eigenvalue weighted by molar-refractivity contribution is -0.127. The minimum atomic E-state index is -4.18. The van der Waals surface area contributed by atoms with E-state index in [-0.39, 0.29) is 11.6 Å². The van der Waals surface area contributed by atoms with E-state index in [2.05, 4.69) is 5.10 Å². The van der Waals surface area contributed by atoms with Crippen molar-refractivity contribution in [1.29, 1.82) is 0 Å². The number of benzene rings is 1. The van der Waals surface area contributed by atoms with Gasteiger partial charge in [0.15, 0.2) is 0 Å². The van der Waals surface area contributed by atoms with Crippen molar-refractivity contribution in [3.63, 3.8) is 0 Å². The standard InChI is InChI=1S/C14H15F3N2/c1-10(2)19-7-6-13(18-19)12-5-3-4-11(8-12)9-14(15,16)17/h3-8,10H,9H2,1-2H3. The first kappa shape index (κ1) is 13.6. The minimum absolute atomic E-state index is 0.229. The van der Waals surface area contributed by atoms with Crippen molar-refractivity contribution in [2.24, 2.45) is 0 Å². The number of hydrogen-bond donors (Lipinski definition) is 0. The Morgan fingerprint density at radius 2 is 1.95 bits per heavy atom. The van der Waals surface area contributed by atoms with Crippen molar-refractivity contribution in [2.75, 3.05) is 0 Å². The Morgan fingerprint density at radius 3 is 2.53 bits per heavy atom. The molecule has 0 spiro atoms. The molecule has 0 aliphatic rings. The fraction of sp³-hybridized carbons (Fsp3) is 0.357. The Labute approximate surface area is 109 Å². The summed E-state index contributed by atoms with van der Waals surface area (Å²) in [6.07, 6.45) is -3.27. The van der Waals surface area contributed by atoms with E-state index in [4.69, 9.17) is 0 Å². The molecule has 0 amide bonds. The van der Waals surface area contributed by atoms with E-state index in [1.54, 1.807) is 22.9 Å². The van der Waals surface area contributed by atoms with Crippen LogP contribution in [-0.4, -0.2) is 16.0 Å². The van der Waals surface area contributed by atoms with E-state index in [1.807, 2.05) is 26.1 Å². The molecule has 0 radical (unpaired) electrons. The van der Waals surface area contributed by atoms with Crippen LogP contribution in [0.1, 0.15) is 25.5 Å². The summed E-state index contributed by atoms with van der Waals surface area (Å²) in [5.41, 5.74) is 1.66. The maximum absolute atomic E-state index is 12.4. The van der Waals surface area contributed by atoms with E-state index in [0.29, 0.717) is 11.3 Å². The highest BCUT2D eigenvalue weighted by Crippen LogP contribution is 2.25. The summed E-state index contributed by atoms with van der Waals surface area (Å²) < 4.78 is 38.9. The molecule has 0 N–H and O–H groups in total. The van der Waals surface area contributed by atoms with Gasteiger partial charge in [0.1, 0.15) is 0 Å². The van der Waals surface area contributed by atoms with Gasteiger partial charge in [-0.15, -0.1) is 0 Å². The Hall–Kier alpha value is -1.78. The lowest BCUT2D eigenvalue weighted by Crippen LogP contribution is -2.11. The first-order valence-electron chi connectivity index (χ1n) is 6.06. The molecule has 5 heteroatoms. The Bertz CT molecular complexity index is 556. The molecule has 0 saturated heterocycles. The van der Waals surface area contributed by atoms with Gasteiger partial charge in [-0.25, -0.2) is 0 Å². The van der Waals surface area contributed by atoms with Crippen LogP contribution in [0.25, 0.3) is 11.3 Å². The fourth-order valence-corrected chi connectivity index (χ4v) is 1.85. The highest BCUT2D eigenvalue weighted by molar-refractivity contribution is 5.59. The lowest BCUT2D eigenvalue weighted by atomic mass is 10.1. The molecule has 0 atom stereocenters. The van der Waals surface area contributed by atoms with Crippen LogP contribution in [-0.2, 0) is 6.42 Å². The molecule has 0 fully saturated rings. The molecular formula is C14H15F3N2. The quantitative estimate of drug-likeness (QED) is 0.814. The van der Waals surface area contributed by atoms with Gasteiger partial charge < -0.3 is 0 Å². The van der Waals surface area contributed by atoms with Crippen molar-refractivity contribution in [1.82, 2.24) is 9.78 Å². The van der Waals surface area contributed by atoms with Gasteiger partial charge in [0.25, 0.3) is 0 Å². The fourth-order valence-electron chi connectivity index (χ4n) is 1.85. The summed E-state index contributed by atoms with van der Waals surface area (Å²) in [5, 5.41) is 4.35. The molecule has 2 rings (SSSR count). The van der Waals surface area contributed by atoms with E-state index in [1.165, 1.54) is 6.07 Å². The first-order valence-corrected chi connectivity index (χ1v) is 6.06. The van der Waals surface area contributed by atoms with Gasteiger partial charge in [-0.3, -0.25) is 4.68 Å². The van der Waals surface area contributed by atoms with Crippen LogP contribution in [0, 0.1) is 0 Å². The zero-order valence-corrected chi connectivity index (χ0v) is 10.8. The third-order valence-corrected chi connectivity index (χ3v) is 2.76. The van der Waals surface area contributed by atoms with Gasteiger partial charge in [0.2, 0.25) is 0 Å². The van der Waals surface area contributed by atoms with Crippen LogP contribution in [0.2, 0.25) is 0 Å². The van der Waals surface area contributed by atoms with E-state index >= 15 is 0 Å². The van der Waals surface area contributed by atoms with Crippen LogP contribution in [0.4, 0.5) is 13.2 Å². The maximum atomic E-state index is 12.4. The van der Waals surface area contributed by atoms with Gasteiger partial charge in [-0.1, -0.05) is 18.2 Å². The molecule has 0 aliphatic carbocycles. The predicted molar refractivity (Wildman–Crippen MR) is 67.8 cm³/mol. The van der Waals surface area contributed by atoms with E-state index in [0.717, 1.165) is 0 Å². The van der Waals surface area contributed by atoms with Crippen LogP contribution in [0.15, 0.2) is 36.5 Å². The summed E-state index contributed by atoms with van der Waals surface area (Å²) >= 11 is 0. The minimum Gasteiger partial charge on any atom is -0.270 e. The predicted octanol–water partition coefficient (Wildman–Crippen LogP) is 4.24. The summed E-state index contributed by atoms with van der Waals surface area (Å²) in [5.74, 6) is 0. The topological polar surface area (TPSA) is 17.8 Å². The number of halogens is 3. The zero-order valence-electron chi connectivity index (χ0n) is 10.8. The van der Waals surface area contributed by atoms with Crippen LogP contribution >= 0.6 is 0 Å². The number of rotatable bonds is 3. The molecule has 2 aromatic rings. The van der Waals surface area contributed by atoms with Crippen LogP contribution in [0.3, 0.4) is 0 Å². The summed E-state index contributed by atoms with van der Waals surface area (Å²) in [6, 6.07) is 8.47. The molecule has 0 bridgehead atoms. The number of alkyl halides is 3. The van der Waals surface area contributed by atoms with E-state index < -0.39 is 12.6 Å². The molecule has 102 valence electrons. The Morgan fingerprint density at radius 1 is 1.21 bits per heavy atom. The SMILES string of the molecule is CC(C)n1ccc(-c2cccc(CC(F)(F)F)c2)n1. The molecule has 0 saturated carbocycles. The van der Waals surface area contributed by atoms with Crippen molar-refractivity contribution in [2.45, 2.75) is 32.5 Å². The molecule has 1 aromatic carbocycles. The number of hydrogen-bond acceptors (Lipinski definition) is 1. The number of nitrogens with zero attached hydrogens (tertiary/aromatic N) is 2. The second-order valence-electron chi connectivity index (χ2n) is 4.77. The molecular weight excluding hydrogens is 253 g/mol. The third-order valence-electron chi connectivity index (χ3n) is 2.76. The zero-order chi connectivity index (χ0) is 14.0. The molecule has 0 unspecified atom stereocenters. The molecule has 0 aliphatic heterocycles. The van der Waals surface area contributed by atoms with Crippen LogP contribution in [0.5, 0.6) is 0 Å². The van der Waals surface area contributed by atoms with Gasteiger partial charge in [-0.2, -0.15) is 18.3 Å². The van der Waals surface area contributed by atoms with Gasteiger partial charge in [0.05, 0.1) is 12.1 Å². The normalized spacial score (nSPS) is 12.1. The first-order chi connectivity index (χ1) is 8.85. The van der Waals surface area contributed by atoms with Crippen molar-refractivity contribution < 1.29 is 13.2 Å². The second kappa shape index (κ2) is 5.07. The molecule has 1 aromatic heterocycles. The molecule has 1 heterocycles. The highest BCUT2D eigenvalue weighted by Gasteiger charge is 2.27. The smallest absolute Gasteiger partial charge is 0.270 e. The summed E-state index contributed by atoms with van der Waals surface area (Å²) in [4.78, 5) is 0. The van der Waals surface area contributed by atoms with Gasteiger partial charge in [0, 0.05) is 17.8 Å². The summed E-state index contributed by atoms with van der Waals surface area (Å²) in [7, 11) is 0. The van der Waals surface area contributed by atoms with Gasteiger partial charge >= 0.3 is 6.18 Å². The number of aromatic nitrogens is 2. The third kappa shape index (κ3) is 3.59. The van der Waals surface area contributed by atoms with Crippen LogP contribution < -0.4 is 0 Å². The molecule has 2 nitrogen and oxygen atoms in total. The monoisotopic (exact) mass is 268 g/mol. The molecule has 19 heavy (non-hydrogen) atoms. The maximum Gasteiger partial charge on any atom is 0.393 e. The average Bonchev–Trinajstić information content (AvgIpc) is 2.76. The lowest BCUT2D eigenvalue weighted by Gasteiger charge is -2.07. The second-order valence-corrected chi connectivity index (χ2v) is 4.77.